The van der Waals surface area contributed by atoms with Crippen LogP contribution in [0.4, 0.5) is 0 Å². The van der Waals surface area contributed by atoms with E-state index in [1.54, 1.807) is 18.2 Å². The van der Waals surface area contributed by atoms with Crippen LogP contribution in [0.1, 0.15) is 13.8 Å². The number of ether oxygens (including phenoxy) is 1. The summed E-state index contributed by atoms with van der Waals surface area (Å²) in [5.41, 5.74) is -0.228. The van der Waals surface area contributed by atoms with Crippen molar-refractivity contribution in [3.8, 4) is 5.75 Å². The highest BCUT2D eigenvalue weighted by Crippen LogP contribution is 2.17. The first kappa shape index (κ1) is 10.5. The molecule has 0 unspecified atom stereocenters. The van der Waals surface area contributed by atoms with E-state index in [9.17, 15) is 9.59 Å². The van der Waals surface area contributed by atoms with Gasteiger partial charge in [0.15, 0.2) is 0 Å². The van der Waals surface area contributed by atoms with Crippen LogP contribution in [0.25, 0.3) is 10.9 Å². The summed E-state index contributed by atoms with van der Waals surface area (Å²) in [5, 5.41) is 0.329. The Hall–Kier alpha value is -2.04. The van der Waals surface area contributed by atoms with Crippen LogP contribution < -0.4 is 16.1 Å². The summed E-state index contributed by atoms with van der Waals surface area (Å²) >= 11 is 0. The molecule has 0 atom stereocenters. The van der Waals surface area contributed by atoms with E-state index in [4.69, 9.17) is 4.74 Å². The number of benzene rings is 1. The van der Waals surface area contributed by atoms with Gasteiger partial charge in [-0.25, -0.2) is 9.59 Å². The van der Waals surface area contributed by atoms with Crippen LogP contribution in [0.15, 0.2) is 32.2 Å². The Morgan fingerprint density at radius 3 is 2.75 bits per heavy atom. The zero-order valence-electron chi connectivity index (χ0n) is 8.94. The Morgan fingerprint density at radius 1 is 1.31 bits per heavy atom. The molecule has 0 saturated heterocycles. The van der Waals surface area contributed by atoms with Gasteiger partial charge in [0.05, 0.1) is 17.0 Å². The molecule has 16 heavy (non-hydrogen) atoms. The highest BCUT2D eigenvalue weighted by molar-refractivity contribution is 5.78. The molecule has 0 amide bonds. The summed E-state index contributed by atoms with van der Waals surface area (Å²) in [6.07, 6.45) is 0.0318. The molecule has 1 aromatic heterocycles. The minimum Gasteiger partial charge on any atom is -0.491 e. The van der Waals surface area contributed by atoms with Gasteiger partial charge in [-0.3, -0.25) is 4.98 Å². The second-order valence-electron chi connectivity index (χ2n) is 3.68. The van der Waals surface area contributed by atoms with E-state index in [2.05, 4.69) is 9.40 Å². The van der Waals surface area contributed by atoms with Crippen LogP contribution >= 0.6 is 0 Å². The molecule has 0 aliphatic heterocycles. The zero-order valence-corrected chi connectivity index (χ0v) is 8.94. The maximum Gasteiger partial charge on any atom is 0.419 e. The van der Waals surface area contributed by atoms with Gasteiger partial charge in [-0.05, 0) is 26.0 Å². The van der Waals surface area contributed by atoms with Gasteiger partial charge in [0.25, 0.3) is 0 Å². The van der Waals surface area contributed by atoms with E-state index >= 15 is 0 Å². The van der Waals surface area contributed by atoms with Crippen molar-refractivity contribution in [1.82, 2.24) is 4.98 Å². The topological polar surface area (TPSA) is 72.3 Å². The van der Waals surface area contributed by atoms with Gasteiger partial charge in [0.2, 0.25) is 0 Å². The SMILES string of the molecule is CC(C)Oc1ccc2c(=O)oc(=O)[nH]c2c1. The lowest BCUT2D eigenvalue weighted by atomic mass is 10.2. The lowest BCUT2D eigenvalue weighted by Crippen LogP contribution is -2.14. The van der Waals surface area contributed by atoms with Gasteiger partial charge >= 0.3 is 11.4 Å². The van der Waals surface area contributed by atoms with Crippen molar-refractivity contribution in [1.29, 1.82) is 0 Å². The second-order valence-corrected chi connectivity index (χ2v) is 3.68. The minimum atomic E-state index is -0.765. The smallest absolute Gasteiger partial charge is 0.419 e. The highest BCUT2D eigenvalue weighted by atomic mass is 16.5. The Balaban J connectivity index is 2.62. The number of H-pyrrole nitrogens is 1. The van der Waals surface area contributed by atoms with Gasteiger partial charge in [-0.15, -0.1) is 0 Å². The van der Waals surface area contributed by atoms with Crippen LogP contribution in [-0.2, 0) is 0 Å². The number of rotatable bonds is 2. The van der Waals surface area contributed by atoms with Crippen LogP contribution in [0.3, 0.4) is 0 Å². The van der Waals surface area contributed by atoms with E-state index < -0.39 is 11.4 Å². The summed E-state index contributed by atoms with van der Waals surface area (Å²) in [6, 6.07) is 4.83. The van der Waals surface area contributed by atoms with Crippen molar-refractivity contribution >= 4 is 10.9 Å². The van der Waals surface area contributed by atoms with Gasteiger partial charge in [0.1, 0.15) is 5.75 Å². The highest BCUT2D eigenvalue weighted by Gasteiger charge is 2.05. The molecule has 5 nitrogen and oxygen atoms in total. The first-order valence-electron chi connectivity index (χ1n) is 4.90. The summed E-state index contributed by atoms with van der Waals surface area (Å²) in [6.45, 7) is 3.79. The summed E-state index contributed by atoms with van der Waals surface area (Å²) in [4.78, 5) is 24.7. The molecule has 1 heterocycles. The average molecular weight is 221 g/mol. The van der Waals surface area contributed by atoms with Gasteiger partial charge in [0, 0.05) is 6.07 Å². The number of nitrogens with one attached hydrogen (secondary N) is 1. The molecule has 0 saturated carbocycles. The van der Waals surface area contributed by atoms with Crippen LogP contribution in [0, 0.1) is 0 Å². The monoisotopic (exact) mass is 221 g/mol. The van der Waals surface area contributed by atoms with Gasteiger partial charge < -0.3 is 9.15 Å². The van der Waals surface area contributed by atoms with Crippen molar-refractivity contribution in [2.24, 2.45) is 0 Å². The molecule has 2 aromatic rings. The van der Waals surface area contributed by atoms with Crippen LogP contribution in [-0.4, -0.2) is 11.1 Å². The summed E-state index contributed by atoms with van der Waals surface area (Å²) in [7, 11) is 0. The quantitative estimate of drug-likeness (QED) is 0.828. The van der Waals surface area contributed by atoms with Gasteiger partial charge in [-0.2, -0.15) is 0 Å². The number of fused-ring (bicyclic) bond motifs is 1. The Morgan fingerprint density at radius 2 is 2.06 bits per heavy atom. The first-order valence-corrected chi connectivity index (χ1v) is 4.90. The molecule has 0 fully saturated rings. The Labute approximate surface area is 90.7 Å². The standard InChI is InChI=1S/C11H11NO4/c1-6(2)15-7-3-4-8-9(5-7)12-11(14)16-10(8)13/h3-6H,1-2H3,(H,12,14). The first-order chi connectivity index (χ1) is 7.56. The molecule has 1 aromatic carbocycles. The summed E-state index contributed by atoms with van der Waals surface area (Å²) in [5.74, 6) is -0.164. The third-order valence-electron chi connectivity index (χ3n) is 2.00. The van der Waals surface area contributed by atoms with Crippen molar-refractivity contribution < 1.29 is 9.15 Å². The molecule has 0 radical (unpaired) electrons. The normalized spacial score (nSPS) is 10.9. The molecular weight excluding hydrogens is 210 g/mol. The third kappa shape index (κ3) is 1.98. The maximum absolute atomic E-state index is 11.3. The average Bonchev–Trinajstić information content (AvgIpc) is 2.15. The third-order valence-corrected chi connectivity index (χ3v) is 2.00. The van der Waals surface area contributed by atoms with Gasteiger partial charge in [-0.1, -0.05) is 0 Å². The number of aromatic nitrogens is 1. The fraction of sp³-hybridized carbons (Fsp3) is 0.273. The van der Waals surface area contributed by atoms with Crippen molar-refractivity contribution in [3.05, 3.63) is 39.2 Å². The number of hydrogen-bond acceptors (Lipinski definition) is 4. The van der Waals surface area contributed by atoms with Crippen LogP contribution in [0.2, 0.25) is 0 Å². The maximum atomic E-state index is 11.3. The van der Waals surface area contributed by atoms with E-state index in [1.165, 1.54) is 0 Å². The predicted molar refractivity (Wildman–Crippen MR) is 58.9 cm³/mol. The fourth-order valence-electron chi connectivity index (χ4n) is 1.42. The lowest BCUT2D eigenvalue weighted by molar-refractivity contribution is 0.242. The second kappa shape index (κ2) is 3.84. The molecule has 2 rings (SSSR count). The Kier molecular flexibility index (Phi) is 2.52. The largest absolute Gasteiger partial charge is 0.491 e. The van der Waals surface area contributed by atoms with E-state index in [0.29, 0.717) is 16.7 Å². The number of aromatic amines is 1. The molecule has 0 spiro atoms. The van der Waals surface area contributed by atoms with Crippen molar-refractivity contribution in [2.75, 3.05) is 0 Å². The molecule has 1 N–H and O–H groups in total. The molecule has 0 aliphatic rings. The van der Waals surface area contributed by atoms with E-state index in [0.717, 1.165) is 0 Å². The van der Waals surface area contributed by atoms with Crippen LogP contribution in [0.5, 0.6) is 5.75 Å². The van der Waals surface area contributed by atoms with E-state index in [-0.39, 0.29) is 6.10 Å². The predicted octanol–water partition coefficient (Wildman–Crippen LogP) is 1.27. The lowest BCUT2D eigenvalue weighted by Gasteiger charge is -2.09. The Bertz CT molecular complexity index is 624. The van der Waals surface area contributed by atoms with Crippen molar-refractivity contribution in [3.63, 3.8) is 0 Å². The molecule has 5 heteroatoms. The summed E-state index contributed by atoms with van der Waals surface area (Å²) < 4.78 is 9.85. The fourth-order valence-corrected chi connectivity index (χ4v) is 1.42. The molecular formula is C11H11NO4. The number of hydrogen-bond donors (Lipinski definition) is 1. The van der Waals surface area contributed by atoms with Crippen molar-refractivity contribution in [2.45, 2.75) is 20.0 Å². The zero-order chi connectivity index (χ0) is 11.7. The molecule has 84 valence electrons. The minimum absolute atomic E-state index is 0.0318. The van der Waals surface area contributed by atoms with E-state index in [1.807, 2.05) is 13.8 Å². The molecule has 0 aliphatic carbocycles. The molecule has 0 bridgehead atoms.